The summed E-state index contributed by atoms with van der Waals surface area (Å²) in [5.74, 6) is 1.68. The van der Waals surface area contributed by atoms with E-state index in [4.69, 9.17) is 14.7 Å². The maximum atomic E-state index is 12.0. The van der Waals surface area contributed by atoms with Crippen LogP contribution >= 0.6 is 10.6 Å². The number of morpholine rings is 1. The highest BCUT2D eigenvalue weighted by atomic mass is 32.3. The van der Waals surface area contributed by atoms with Gasteiger partial charge >= 0.3 is 6.03 Å². The van der Waals surface area contributed by atoms with Gasteiger partial charge in [0.1, 0.15) is 5.82 Å². The second kappa shape index (κ2) is 8.75. The molecule has 3 aliphatic rings. The molecule has 2 aliphatic heterocycles. The van der Waals surface area contributed by atoms with Gasteiger partial charge in [0.25, 0.3) is 0 Å². The van der Waals surface area contributed by atoms with Crippen LogP contribution in [0.1, 0.15) is 43.2 Å². The van der Waals surface area contributed by atoms with E-state index in [1.165, 1.54) is 0 Å². The normalized spacial score (nSPS) is 25.2. The van der Waals surface area contributed by atoms with Crippen molar-refractivity contribution < 1.29 is 18.6 Å². The largest absolute Gasteiger partial charge is 0.377 e. The fourth-order valence-electron chi connectivity index (χ4n) is 4.39. The number of aryl methyl sites for hydroxylation is 1. The number of hydrogen-bond acceptors (Lipinski definition) is 7. The maximum Gasteiger partial charge on any atom is 0.319 e. The Hall–Kier alpha value is -2.40. The minimum absolute atomic E-state index is 0.123. The van der Waals surface area contributed by atoms with E-state index in [9.17, 15) is 13.9 Å². The molecule has 2 fully saturated rings. The molecule has 0 bridgehead atoms. The van der Waals surface area contributed by atoms with Crippen molar-refractivity contribution in [2.45, 2.75) is 50.4 Å². The van der Waals surface area contributed by atoms with E-state index in [0.29, 0.717) is 49.5 Å². The van der Waals surface area contributed by atoms with Crippen LogP contribution in [-0.2, 0) is 11.2 Å². The molecule has 3 heterocycles. The first-order valence-corrected chi connectivity index (χ1v) is 13.3. The van der Waals surface area contributed by atoms with E-state index in [2.05, 4.69) is 22.5 Å². The van der Waals surface area contributed by atoms with Gasteiger partial charge in [0.15, 0.2) is 5.82 Å². The van der Waals surface area contributed by atoms with Crippen LogP contribution in [0.25, 0.3) is 11.4 Å². The number of hydrogen-bond donors (Lipinski definition) is 4. The highest BCUT2D eigenvalue weighted by Gasteiger charge is 2.37. The van der Waals surface area contributed by atoms with Crippen LogP contribution in [0.2, 0.25) is 0 Å². The van der Waals surface area contributed by atoms with Gasteiger partial charge in [-0.1, -0.05) is 0 Å². The fourth-order valence-corrected chi connectivity index (χ4v) is 5.86. The molecule has 2 aromatic rings. The monoisotopic (exact) mass is 473 g/mol. The quantitative estimate of drug-likeness (QED) is 0.529. The summed E-state index contributed by atoms with van der Waals surface area (Å²) in [4.78, 5) is 24.0. The number of aromatic nitrogens is 2. The van der Waals surface area contributed by atoms with Crippen molar-refractivity contribution in [1.29, 1.82) is 0 Å². The molecule has 0 spiro atoms. The van der Waals surface area contributed by atoms with E-state index in [1.54, 1.807) is 0 Å². The number of urea groups is 1. The molecular formula is C23H31N5O4S. The summed E-state index contributed by atoms with van der Waals surface area (Å²) in [5.41, 5.74) is 3.27. The van der Waals surface area contributed by atoms with Gasteiger partial charge in [-0.2, -0.15) is 10.6 Å². The van der Waals surface area contributed by atoms with Gasteiger partial charge in [0.2, 0.25) is 0 Å². The molecule has 1 aromatic heterocycles. The molecule has 1 aromatic carbocycles. The van der Waals surface area contributed by atoms with Crippen molar-refractivity contribution in [1.82, 2.24) is 15.3 Å². The second-order valence-corrected chi connectivity index (χ2v) is 11.7. The van der Waals surface area contributed by atoms with Gasteiger partial charge in [0.05, 0.1) is 30.2 Å². The maximum absolute atomic E-state index is 12.0. The van der Waals surface area contributed by atoms with Gasteiger partial charge in [-0.25, -0.2) is 14.8 Å². The topological polar surface area (TPSA) is 120 Å². The number of nitrogens with one attached hydrogen (secondary N) is 2. The highest BCUT2D eigenvalue weighted by molar-refractivity contribution is 8.24. The number of fused-ring (bicyclic) bond motifs is 1. The van der Waals surface area contributed by atoms with Crippen LogP contribution in [0.15, 0.2) is 24.3 Å². The number of carbonyl (C=O) groups is 1. The molecule has 33 heavy (non-hydrogen) atoms. The van der Waals surface area contributed by atoms with E-state index in [-0.39, 0.29) is 12.1 Å². The number of ether oxygens (including phenoxy) is 1. The molecule has 1 aliphatic carbocycles. The van der Waals surface area contributed by atoms with Crippen LogP contribution in [0.3, 0.4) is 0 Å². The molecule has 178 valence electrons. The van der Waals surface area contributed by atoms with Gasteiger partial charge < -0.3 is 20.3 Å². The number of carbonyl (C=O) groups excluding carboxylic acids is 1. The number of benzene rings is 1. The Labute approximate surface area is 195 Å². The third-order valence-electron chi connectivity index (χ3n) is 6.57. The summed E-state index contributed by atoms with van der Waals surface area (Å²) in [6, 6.07) is 7.74. The van der Waals surface area contributed by atoms with Crippen LogP contribution in [-0.4, -0.2) is 62.7 Å². The number of amides is 2. The average molecular weight is 474 g/mol. The third kappa shape index (κ3) is 4.65. The van der Waals surface area contributed by atoms with Crippen LogP contribution in [0.5, 0.6) is 0 Å². The third-order valence-corrected chi connectivity index (χ3v) is 8.74. The Morgan fingerprint density at radius 2 is 1.94 bits per heavy atom. The Kier molecular flexibility index (Phi) is 5.94. The summed E-state index contributed by atoms with van der Waals surface area (Å²) in [7, 11) is -2.74. The molecule has 1 saturated heterocycles. The molecule has 5 rings (SSSR count). The Morgan fingerprint density at radius 3 is 2.64 bits per heavy atom. The SMILES string of the molecule is CC1COCCN1c1nc(-c2ccc(NC(=O)NC3CC3)cc2)nc2c1C(C)S(O)(O)CC2. The predicted octanol–water partition coefficient (Wildman–Crippen LogP) is 4.02. The zero-order chi connectivity index (χ0) is 23.2. The summed E-state index contributed by atoms with van der Waals surface area (Å²) >= 11 is 0. The van der Waals surface area contributed by atoms with Crippen LogP contribution in [0, 0.1) is 0 Å². The molecule has 9 nitrogen and oxygen atoms in total. The predicted molar refractivity (Wildman–Crippen MR) is 130 cm³/mol. The molecule has 1 saturated carbocycles. The van der Waals surface area contributed by atoms with Crippen molar-refractivity contribution in [2.24, 2.45) is 0 Å². The minimum Gasteiger partial charge on any atom is -0.377 e. The molecule has 4 N–H and O–H groups in total. The number of anilines is 2. The van der Waals surface area contributed by atoms with Gasteiger partial charge in [0, 0.05) is 41.6 Å². The first-order valence-electron chi connectivity index (χ1n) is 11.5. The fraction of sp³-hybridized carbons (Fsp3) is 0.522. The van der Waals surface area contributed by atoms with Gasteiger partial charge in [-0.3, -0.25) is 9.11 Å². The van der Waals surface area contributed by atoms with Gasteiger partial charge in [-0.05, 0) is 51.0 Å². The standard InChI is InChI=1S/C23H31N5O4S/c1-14-13-32-11-10-28(14)22-20-15(2)33(30,31)12-9-19(20)26-21(27-22)16-3-5-17(6-4-16)24-23(29)25-18-7-8-18/h3-6,14-15,18,30-31H,7-13H2,1-2H3,(H2,24,25,29). The summed E-state index contributed by atoms with van der Waals surface area (Å²) in [6.45, 7) is 5.84. The first-order chi connectivity index (χ1) is 15.8. The van der Waals surface area contributed by atoms with Crippen molar-refractivity contribution in [3.63, 3.8) is 0 Å². The molecule has 2 atom stereocenters. The summed E-state index contributed by atoms with van der Waals surface area (Å²) in [5, 5.41) is 5.35. The van der Waals surface area contributed by atoms with Crippen molar-refractivity contribution in [3.05, 3.63) is 35.5 Å². The Bertz CT molecular complexity index is 1040. The van der Waals surface area contributed by atoms with E-state index < -0.39 is 15.8 Å². The van der Waals surface area contributed by atoms with Crippen molar-refractivity contribution >= 4 is 28.1 Å². The van der Waals surface area contributed by atoms with Crippen molar-refractivity contribution in [3.8, 4) is 11.4 Å². The molecule has 2 unspecified atom stereocenters. The first kappa shape index (κ1) is 22.4. The zero-order valence-electron chi connectivity index (χ0n) is 19.0. The zero-order valence-corrected chi connectivity index (χ0v) is 19.8. The average Bonchev–Trinajstić information content (AvgIpc) is 3.60. The van der Waals surface area contributed by atoms with Crippen molar-refractivity contribution in [2.75, 3.05) is 35.7 Å². The number of rotatable bonds is 4. The summed E-state index contributed by atoms with van der Waals surface area (Å²) in [6.07, 6.45) is 2.59. The highest BCUT2D eigenvalue weighted by Crippen LogP contribution is 2.58. The summed E-state index contributed by atoms with van der Waals surface area (Å²) < 4.78 is 26.9. The minimum atomic E-state index is -2.74. The second-order valence-electron chi connectivity index (χ2n) is 9.11. The van der Waals surface area contributed by atoms with Crippen LogP contribution < -0.4 is 15.5 Å². The number of nitrogens with zero attached hydrogens (tertiary/aromatic N) is 3. The Balaban J connectivity index is 1.48. The lowest BCUT2D eigenvalue weighted by Crippen LogP contribution is -2.45. The lowest BCUT2D eigenvalue weighted by atomic mass is 10.1. The van der Waals surface area contributed by atoms with E-state index in [1.807, 2.05) is 31.2 Å². The molecular weight excluding hydrogens is 442 g/mol. The smallest absolute Gasteiger partial charge is 0.319 e. The van der Waals surface area contributed by atoms with Crippen LogP contribution in [0.4, 0.5) is 16.3 Å². The molecule has 0 radical (unpaired) electrons. The lowest BCUT2D eigenvalue weighted by Gasteiger charge is -2.45. The van der Waals surface area contributed by atoms with E-state index in [0.717, 1.165) is 35.5 Å². The van der Waals surface area contributed by atoms with E-state index >= 15 is 0 Å². The van der Waals surface area contributed by atoms with Gasteiger partial charge in [-0.15, -0.1) is 0 Å². The molecule has 10 heteroatoms. The molecule has 2 amide bonds. The Morgan fingerprint density at radius 1 is 1.18 bits per heavy atom. The lowest BCUT2D eigenvalue weighted by molar-refractivity contribution is 0.0984.